The van der Waals surface area contributed by atoms with Crippen LogP contribution < -0.4 is 42.9 Å². The molecule has 0 aliphatic carbocycles. The molecule has 2 aromatic rings. The molecule has 212 valence electrons. The van der Waals surface area contributed by atoms with Crippen molar-refractivity contribution in [3.63, 3.8) is 0 Å². The van der Waals surface area contributed by atoms with Crippen molar-refractivity contribution in [2.45, 2.75) is 44.6 Å². The van der Waals surface area contributed by atoms with Crippen LogP contribution in [0.4, 0.5) is 0 Å². The van der Waals surface area contributed by atoms with Crippen molar-refractivity contribution in [1.29, 1.82) is 0 Å². The van der Waals surface area contributed by atoms with Gasteiger partial charge in [0.1, 0.15) is 6.04 Å². The summed E-state index contributed by atoms with van der Waals surface area (Å²) in [6.45, 7) is 2.13. The van der Waals surface area contributed by atoms with E-state index in [1.807, 2.05) is 12.1 Å². The molecule has 8 nitrogen and oxygen atoms in total. The van der Waals surface area contributed by atoms with Gasteiger partial charge in [-0.1, -0.05) is 6.07 Å². The lowest BCUT2D eigenvalue weighted by Crippen LogP contribution is -3.00. The number of ether oxygens (including phenoxy) is 5. The Morgan fingerprint density at radius 1 is 0.921 bits per heavy atom. The van der Waals surface area contributed by atoms with E-state index in [1.165, 1.54) is 11.1 Å². The average molecular weight is 644 g/mol. The quantitative estimate of drug-likeness (QED) is 0.143. The van der Waals surface area contributed by atoms with Gasteiger partial charge in [-0.05, 0) is 54.7 Å². The van der Waals surface area contributed by atoms with Gasteiger partial charge in [-0.3, -0.25) is 4.79 Å². The Morgan fingerprint density at radius 2 is 1.58 bits per heavy atom. The Bertz CT molecular complexity index is 1050. The standard InChI is InChI=1S/C29H42NO7.HI/c1-30(14-12-29(32)37-16-8-6-7-15-31)13-11-22-19-27(35-4)28(36-5)20-23(22)24(30)17-21-9-10-25(33-2)26(18-21)34-3;/h9-10,18-20,24,31H,6-8,11-17H2,1-5H3;1H/q+1;/p-1/t24-,30-;/m1./s1. The van der Waals surface area contributed by atoms with Crippen LogP contribution in [0.2, 0.25) is 0 Å². The predicted molar refractivity (Wildman–Crippen MR) is 142 cm³/mol. The molecule has 38 heavy (non-hydrogen) atoms. The van der Waals surface area contributed by atoms with E-state index in [2.05, 4.69) is 25.2 Å². The molecule has 2 aromatic carbocycles. The number of unbranched alkanes of at least 4 members (excludes halogenated alkanes) is 2. The highest BCUT2D eigenvalue weighted by Gasteiger charge is 2.40. The molecule has 0 saturated heterocycles. The number of nitrogens with zero attached hydrogens (tertiary/aromatic N) is 1. The number of hydrogen-bond donors (Lipinski definition) is 1. The van der Waals surface area contributed by atoms with Gasteiger partial charge in [0.05, 0.1) is 61.6 Å². The second-order valence-electron chi connectivity index (χ2n) is 9.75. The van der Waals surface area contributed by atoms with Crippen molar-refractivity contribution in [3.8, 4) is 23.0 Å². The summed E-state index contributed by atoms with van der Waals surface area (Å²) in [6, 6.07) is 10.3. The number of esters is 1. The lowest BCUT2D eigenvalue weighted by molar-refractivity contribution is -0.940. The van der Waals surface area contributed by atoms with Crippen LogP contribution in [0, 0.1) is 0 Å². The van der Waals surface area contributed by atoms with E-state index in [4.69, 9.17) is 28.8 Å². The normalized spacial score (nSPS) is 18.1. The van der Waals surface area contributed by atoms with Gasteiger partial charge in [-0.2, -0.15) is 0 Å². The number of aliphatic hydroxyl groups excluding tert-OH is 1. The molecular weight excluding hydrogens is 601 g/mol. The molecule has 0 amide bonds. The minimum Gasteiger partial charge on any atom is -1.00 e. The molecule has 0 fully saturated rings. The fourth-order valence-electron chi connectivity index (χ4n) is 5.16. The SMILES string of the molecule is COc1ccc(C[C@@H]2c3cc(OC)c(OC)cc3CC[N@+]2(C)CCC(=O)OCCCCCO)cc1OC.[I-]. The number of fused-ring (bicyclic) bond motifs is 1. The number of methoxy groups -OCH3 is 4. The summed E-state index contributed by atoms with van der Waals surface area (Å²) in [7, 11) is 8.81. The molecule has 0 aromatic heterocycles. The van der Waals surface area contributed by atoms with Gasteiger partial charge in [0.2, 0.25) is 0 Å². The molecule has 3 rings (SSSR count). The van der Waals surface area contributed by atoms with Crippen LogP contribution in [-0.2, 0) is 22.4 Å². The van der Waals surface area contributed by atoms with Gasteiger partial charge in [-0.25, -0.2) is 0 Å². The third kappa shape index (κ3) is 7.89. The molecule has 0 unspecified atom stereocenters. The zero-order chi connectivity index (χ0) is 26.8. The summed E-state index contributed by atoms with van der Waals surface area (Å²) in [5.41, 5.74) is 3.57. The Balaban J connectivity index is 0.00000507. The highest BCUT2D eigenvalue weighted by Crippen LogP contribution is 2.43. The summed E-state index contributed by atoms with van der Waals surface area (Å²) < 4.78 is 28.4. The number of hydrogen-bond acceptors (Lipinski definition) is 7. The average Bonchev–Trinajstić information content (AvgIpc) is 2.92. The number of halogens is 1. The Morgan fingerprint density at radius 3 is 2.24 bits per heavy atom. The number of likely N-dealkylation sites (N-methyl/N-ethyl adjacent to an activating group) is 1. The molecule has 1 heterocycles. The van der Waals surface area contributed by atoms with E-state index in [-0.39, 0.29) is 42.6 Å². The number of carbonyl (C=O) groups excluding carboxylic acids is 1. The van der Waals surface area contributed by atoms with Crippen molar-refractivity contribution in [3.05, 3.63) is 47.0 Å². The lowest BCUT2D eigenvalue weighted by atomic mass is 9.86. The van der Waals surface area contributed by atoms with Crippen LogP contribution in [-0.4, -0.2) is 77.3 Å². The number of carbonyl (C=O) groups is 1. The molecule has 0 spiro atoms. The Kier molecular flexibility index (Phi) is 12.9. The highest BCUT2D eigenvalue weighted by atomic mass is 127. The minimum absolute atomic E-state index is 0. The number of benzene rings is 2. The first-order valence-electron chi connectivity index (χ1n) is 13.0. The van der Waals surface area contributed by atoms with Crippen molar-refractivity contribution in [2.24, 2.45) is 0 Å². The first-order chi connectivity index (χ1) is 17.9. The zero-order valence-corrected chi connectivity index (χ0v) is 25.4. The largest absolute Gasteiger partial charge is 1.00 e. The van der Waals surface area contributed by atoms with E-state index in [9.17, 15) is 4.79 Å². The summed E-state index contributed by atoms with van der Waals surface area (Å²) in [4.78, 5) is 12.6. The lowest BCUT2D eigenvalue weighted by Gasteiger charge is -2.46. The third-order valence-electron chi connectivity index (χ3n) is 7.42. The van der Waals surface area contributed by atoms with Crippen LogP contribution in [0.1, 0.15) is 48.4 Å². The van der Waals surface area contributed by atoms with Gasteiger partial charge in [-0.15, -0.1) is 0 Å². The number of rotatable bonds is 14. The minimum atomic E-state index is -0.175. The predicted octanol–water partition coefficient (Wildman–Crippen LogP) is 1.11. The second kappa shape index (κ2) is 15.4. The second-order valence-corrected chi connectivity index (χ2v) is 9.75. The van der Waals surface area contributed by atoms with E-state index < -0.39 is 0 Å². The van der Waals surface area contributed by atoms with Crippen LogP contribution in [0.3, 0.4) is 0 Å². The van der Waals surface area contributed by atoms with E-state index in [0.29, 0.717) is 41.3 Å². The molecule has 0 radical (unpaired) electrons. The van der Waals surface area contributed by atoms with Crippen LogP contribution >= 0.6 is 0 Å². The smallest absolute Gasteiger partial charge is 0.311 e. The van der Waals surface area contributed by atoms with Crippen LogP contribution in [0.15, 0.2) is 30.3 Å². The summed E-state index contributed by atoms with van der Waals surface area (Å²) >= 11 is 0. The van der Waals surface area contributed by atoms with Crippen molar-refractivity contribution in [1.82, 2.24) is 0 Å². The van der Waals surface area contributed by atoms with Gasteiger partial charge < -0.3 is 57.3 Å². The molecule has 0 saturated carbocycles. The molecular formula is C29H42INO7. The van der Waals surface area contributed by atoms with Gasteiger partial charge in [0, 0.05) is 25.0 Å². The molecule has 2 atom stereocenters. The summed E-state index contributed by atoms with van der Waals surface area (Å²) in [6.07, 6.45) is 4.35. The van der Waals surface area contributed by atoms with E-state index >= 15 is 0 Å². The van der Waals surface area contributed by atoms with Crippen molar-refractivity contribution in [2.75, 3.05) is 61.8 Å². The molecule has 1 N–H and O–H groups in total. The van der Waals surface area contributed by atoms with Gasteiger partial charge >= 0.3 is 5.97 Å². The van der Waals surface area contributed by atoms with Crippen LogP contribution in [0.5, 0.6) is 23.0 Å². The topological polar surface area (TPSA) is 83.5 Å². The van der Waals surface area contributed by atoms with Crippen molar-refractivity contribution < 1.29 is 62.0 Å². The molecule has 1 aliphatic rings. The maximum atomic E-state index is 12.6. The maximum absolute atomic E-state index is 12.6. The first-order valence-corrected chi connectivity index (χ1v) is 13.0. The summed E-state index contributed by atoms with van der Waals surface area (Å²) in [5.74, 6) is 2.65. The highest BCUT2D eigenvalue weighted by molar-refractivity contribution is 5.69. The fraction of sp³-hybridized carbons (Fsp3) is 0.552. The molecule has 9 heteroatoms. The molecule has 0 bridgehead atoms. The van der Waals surface area contributed by atoms with Gasteiger partial charge in [0.15, 0.2) is 23.0 Å². The number of aliphatic hydroxyl groups is 1. The van der Waals surface area contributed by atoms with Gasteiger partial charge in [0.25, 0.3) is 0 Å². The number of quaternary nitrogens is 1. The molecule has 1 aliphatic heterocycles. The van der Waals surface area contributed by atoms with E-state index in [0.717, 1.165) is 50.0 Å². The maximum Gasteiger partial charge on any atom is 0.311 e. The third-order valence-corrected chi connectivity index (χ3v) is 7.42. The monoisotopic (exact) mass is 643 g/mol. The first kappa shape index (κ1) is 32.0. The van der Waals surface area contributed by atoms with Crippen LogP contribution in [0.25, 0.3) is 0 Å². The Hall–Kier alpha value is -2.24. The zero-order valence-electron chi connectivity index (χ0n) is 23.3. The fourth-order valence-corrected chi connectivity index (χ4v) is 5.16. The van der Waals surface area contributed by atoms with E-state index in [1.54, 1.807) is 28.4 Å². The summed E-state index contributed by atoms with van der Waals surface area (Å²) in [5, 5.41) is 8.91. The Labute approximate surface area is 243 Å². The van der Waals surface area contributed by atoms with Crippen molar-refractivity contribution >= 4 is 5.97 Å².